The maximum atomic E-state index is 14.0. The fourth-order valence-corrected chi connectivity index (χ4v) is 3.96. The molecule has 1 aliphatic rings. The van der Waals surface area contributed by atoms with E-state index in [0.717, 1.165) is 27.8 Å². The Morgan fingerprint density at radius 1 is 1.12 bits per heavy atom. The van der Waals surface area contributed by atoms with Crippen LogP contribution < -0.4 is 14.8 Å². The summed E-state index contributed by atoms with van der Waals surface area (Å²) in [7, 11) is 2.91. The molecule has 7 nitrogen and oxygen atoms in total. The largest absolute Gasteiger partial charge is 0.502 e. The molecule has 4 rings (SSSR count). The SMILES string of the molecule is COc1cc(/C=C2/C(C)=C(CC(=O)NCc3ccncc3)c3cc(F)ncc32)cc(OC)c1O. The molecule has 8 heteroatoms. The number of aromatic nitrogens is 2. The van der Waals surface area contributed by atoms with E-state index in [1.165, 1.54) is 26.5 Å². The van der Waals surface area contributed by atoms with Crippen molar-refractivity contribution in [2.45, 2.75) is 19.9 Å². The van der Waals surface area contributed by atoms with Crippen LogP contribution in [0.1, 0.15) is 35.6 Å². The van der Waals surface area contributed by atoms with Gasteiger partial charge >= 0.3 is 0 Å². The smallest absolute Gasteiger partial charge is 0.224 e. The maximum Gasteiger partial charge on any atom is 0.224 e. The summed E-state index contributed by atoms with van der Waals surface area (Å²) in [6.07, 6.45) is 6.77. The van der Waals surface area contributed by atoms with E-state index >= 15 is 0 Å². The first kappa shape index (κ1) is 23.0. The number of pyridine rings is 2. The van der Waals surface area contributed by atoms with E-state index in [-0.39, 0.29) is 29.6 Å². The summed E-state index contributed by atoms with van der Waals surface area (Å²) in [5.41, 5.74) is 5.37. The van der Waals surface area contributed by atoms with E-state index in [9.17, 15) is 14.3 Å². The third kappa shape index (κ3) is 4.61. The van der Waals surface area contributed by atoms with Crippen LogP contribution in [-0.4, -0.2) is 35.2 Å². The molecule has 1 aliphatic carbocycles. The van der Waals surface area contributed by atoms with Crippen LogP contribution >= 0.6 is 0 Å². The van der Waals surface area contributed by atoms with Gasteiger partial charge in [0.05, 0.1) is 20.6 Å². The molecular weight excluding hydrogens is 437 g/mol. The Bertz CT molecular complexity index is 1280. The highest BCUT2D eigenvalue weighted by Crippen LogP contribution is 2.45. The van der Waals surface area contributed by atoms with E-state index < -0.39 is 5.95 Å². The van der Waals surface area contributed by atoms with Gasteiger partial charge in [0, 0.05) is 36.8 Å². The Labute approximate surface area is 196 Å². The summed E-state index contributed by atoms with van der Waals surface area (Å²) in [4.78, 5) is 20.5. The zero-order valence-corrected chi connectivity index (χ0v) is 19.1. The average molecular weight is 461 g/mol. The van der Waals surface area contributed by atoms with Crippen molar-refractivity contribution in [3.63, 3.8) is 0 Å². The summed E-state index contributed by atoms with van der Waals surface area (Å²) in [5.74, 6) is -0.362. The number of nitrogens with zero attached hydrogens (tertiary/aromatic N) is 2. The summed E-state index contributed by atoms with van der Waals surface area (Å²) < 4.78 is 24.5. The minimum atomic E-state index is -0.615. The number of phenols is 1. The molecule has 0 fully saturated rings. The highest BCUT2D eigenvalue weighted by Gasteiger charge is 2.26. The van der Waals surface area contributed by atoms with Gasteiger partial charge in [0.2, 0.25) is 17.6 Å². The first-order valence-corrected chi connectivity index (χ1v) is 10.6. The van der Waals surface area contributed by atoms with Crippen LogP contribution in [0.3, 0.4) is 0 Å². The molecule has 0 bridgehead atoms. The predicted molar refractivity (Wildman–Crippen MR) is 127 cm³/mol. The number of carbonyl (C=O) groups is 1. The van der Waals surface area contributed by atoms with Crippen molar-refractivity contribution in [1.82, 2.24) is 15.3 Å². The van der Waals surface area contributed by atoms with Crippen molar-refractivity contribution in [2.75, 3.05) is 14.2 Å². The van der Waals surface area contributed by atoms with E-state index in [4.69, 9.17) is 9.47 Å². The first-order chi connectivity index (χ1) is 16.4. The zero-order valence-electron chi connectivity index (χ0n) is 19.1. The van der Waals surface area contributed by atoms with Crippen molar-refractivity contribution in [3.8, 4) is 17.2 Å². The number of fused-ring (bicyclic) bond motifs is 1. The Morgan fingerprint density at radius 3 is 2.44 bits per heavy atom. The number of hydrogen-bond donors (Lipinski definition) is 2. The second-order valence-electron chi connectivity index (χ2n) is 7.80. The fraction of sp³-hybridized carbons (Fsp3) is 0.192. The molecule has 0 atom stereocenters. The number of nitrogens with one attached hydrogen (secondary N) is 1. The van der Waals surface area contributed by atoms with Gasteiger partial charge in [-0.15, -0.1) is 0 Å². The molecule has 2 heterocycles. The molecule has 2 N–H and O–H groups in total. The number of hydrogen-bond acceptors (Lipinski definition) is 6. The molecule has 0 aliphatic heterocycles. The van der Waals surface area contributed by atoms with Crippen LogP contribution in [-0.2, 0) is 11.3 Å². The van der Waals surface area contributed by atoms with Crippen molar-refractivity contribution < 1.29 is 23.8 Å². The van der Waals surface area contributed by atoms with Crippen molar-refractivity contribution in [2.24, 2.45) is 0 Å². The Balaban J connectivity index is 1.68. The fourth-order valence-electron chi connectivity index (χ4n) is 3.96. The van der Waals surface area contributed by atoms with Crippen molar-refractivity contribution >= 4 is 23.1 Å². The van der Waals surface area contributed by atoms with Crippen LogP contribution in [0, 0.1) is 5.95 Å². The van der Waals surface area contributed by atoms with Gasteiger partial charge < -0.3 is 19.9 Å². The molecular formula is C26H24FN3O4. The van der Waals surface area contributed by atoms with Crippen LogP contribution in [0.15, 0.2) is 54.5 Å². The summed E-state index contributed by atoms with van der Waals surface area (Å²) in [6, 6.07) is 8.36. The minimum Gasteiger partial charge on any atom is -0.502 e. The lowest BCUT2D eigenvalue weighted by molar-refractivity contribution is -0.120. The van der Waals surface area contributed by atoms with Gasteiger partial charge in [-0.3, -0.25) is 9.78 Å². The molecule has 0 unspecified atom stereocenters. The molecule has 34 heavy (non-hydrogen) atoms. The van der Waals surface area contributed by atoms with Crippen LogP contribution in [0.4, 0.5) is 4.39 Å². The van der Waals surface area contributed by atoms with Gasteiger partial charge in [0.1, 0.15) is 0 Å². The van der Waals surface area contributed by atoms with Crippen LogP contribution in [0.25, 0.3) is 17.2 Å². The lowest BCUT2D eigenvalue weighted by atomic mass is 10.0. The monoisotopic (exact) mass is 461 g/mol. The van der Waals surface area contributed by atoms with E-state index in [1.54, 1.807) is 24.5 Å². The van der Waals surface area contributed by atoms with E-state index in [1.807, 2.05) is 25.1 Å². The number of methoxy groups -OCH3 is 2. The lowest BCUT2D eigenvalue weighted by Crippen LogP contribution is -2.22. The molecule has 0 saturated heterocycles. The molecule has 174 valence electrons. The second kappa shape index (κ2) is 9.74. The zero-order chi connectivity index (χ0) is 24.2. The molecule has 0 radical (unpaired) electrons. The Morgan fingerprint density at radius 2 is 1.79 bits per heavy atom. The topological polar surface area (TPSA) is 93.6 Å². The minimum absolute atomic E-state index is 0.0902. The quantitative estimate of drug-likeness (QED) is 0.508. The van der Waals surface area contributed by atoms with Gasteiger partial charge in [0.25, 0.3) is 0 Å². The molecule has 2 aromatic heterocycles. The van der Waals surface area contributed by atoms with Gasteiger partial charge in [0.15, 0.2) is 11.5 Å². The summed E-state index contributed by atoms with van der Waals surface area (Å²) in [6.45, 7) is 2.27. The normalized spacial score (nSPS) is 13.7. The first-order valence-electron chi connectivity index (χ1n) is 10.6. The average Bonchev–Trinajstić information content (AvgIpc) is 3.09. The number of phenolic OH excluding ortho intramolecular Hbond substituents is 1. The Hall–Kier alpha value is -4.20. The number of ether oxygens (including phenoxy) is 2. The number of halogens is 1. The van der Waals surface area contributed by atoms with Gasteiger partial charge in [-0.1, -0.05) is 0 Å². The molecule has 1 aromatic carbocycles. The molecule has 1 amide bonds. The van der Waals surface area contributed by atoms with Gasteiger partial charge in [-0.2, -0.15) is 4.39 Å². The number of rotatable bonds is 7. The number of benzene rings is 1. The predicted octanol–water partition coefficient (Wildman–Crippen LogP) is 4.37. The van der Waals surface area contributed by atoms with E-state index in [2.05, 4.69) is 15.3 Å². The van der Waals surface area contributed by atoms with Crippen LogP contribution in [0.2, 0.25) is 0 Å². The highest BCUT2D eigenvalue weighted by molar-refractivity contribution is 6.08. The third-order valence-corrected chi connectivity index (χ3v) is 5.73. The van der Waals surface area contributed by atoms with Crippen LogP contribution in [0.5, 0.6) is 17.2 Å². The molecule has 0 spiro atoms. The van der Waals surface area contributed by atoms with Crippen molar-refractivity contribution in [1.29, 1.82) is 0 Å². The third-order valence-electron chi connectivity index (χ3n) is 5.73. The number of aromatic hydroxyl groups is 1. The molecule has 0 saturated carbocycles. The summed E-state index contributed by atoms with van der Waals surface area (Å²) in [5, 5.41) is 13.1. The summed E-state index contributed by atoms with van der Waals surface area (Å²) >= 11 is 0. The maximum absolute atomic E-state index is 14.0. The number of carbonyl (C=O) groups excluding carboxylic acids is 1. The molecule has 3 aromatic rings. The van der Waals surface area contributed by atoms with Gasteiger partial charge in [-0.05, 0) is 70.7 Å². The van der Waals surface area contributed by atoms with Gasteiger partial charge in [-0.25, -0.2) is 4.98 Å². The van der Waals surface area contributed by atoms with E-state index in [0.29, 0.717) is 17.7 Å². The standard InChI is InChI=1S/C26H24FN3O4/c1-15-18(8-17-9-22(33-2)26(32)23(10-17)34-3)21-14-29-24(27)11-20(21)19(15)12-25(31)30-13-16-4-6-28-7-5-16/h4-11,14,32H,12-13H2,1-3H3,(H,30,31)/b18-8-. The Kier molecular flexibility index (Phi) is 6.58. The number of allylic oxidation sites excluding steroid dienone is 2. The number of amides is 1. The lowest BCUT2D eigenvalue weighted by Gasteiger charge is -2.10. The van der Waals surface area contributed by atoms with Crippen molar-refractivity contribution in [3.05, 3.63) is 82.7 Å². The highest BCUT2D eigenvalue weighted by atomic mass is 19.1. The second-order valence-corrected chi connectivity index (χ2v) is 7.80.